The summed E-state index contributed by atoms with van der Waals surface area (Å²) in [4.78, 5) is 22.1. The fourth-order valence-electron chi connectivity index (χ4n) is 4.23. The van der Waals surface area contributed by atoms with Crippen molar-refractivity contribution in [1.29, 1.82) is 0 Å². The van der Waals surface area contributed by atoms with Gasteiger partial charge >= 0.3 is 6.09 Å². The molecule has 2 aromatic rings. The number of carbonyl (C=O) groups is 1. The molecule has 30 heavy (non-hydrogen) atoms. The van der Waals surface area contributed by atoms with E-state index in [4.69, 9.17) is 9.47 Å². The normalized spacial score (nSPS) is 18.9. The van der Waals surface area contributed by atoms with Crippen LogP contribution in [0.15, 0.2) is 30.3 Å². The maximum atomic E-state index is 13.1. The Labute approximate surface area is 179 Å². The van der Waals surface area contributed by atoms with Gasteiger partial charge in [-0.3, -0.25) is 9.88 Å². The minimum absolute atomic E-state index is 0.184. The summed E-state index contributed by atoms with van der Waals surface area (Å²) in [6.45, 7) is 12.0. The van der Waals surface area contributed by atoms with Gasteiger partial charge in [0, 0.05) is 36.8 Å². The van der Waals surface area contributed by atoms with Crippen molar-refractivity contribution in [3.05, 3.63) is 41.6 Å². The van der Waals surface area contributed by atoms with E-state index in [1.807, 2.05) is 44.7 Å². The van der Waals surface area contributed by atoms with Crippen molar-refractivity contribution in [1.82, 2.24) is 14.8 Å². The molecule has 1 aromatic heterocycles. The van der Waals surface area contributed by atoms with Crippen LogP contribution in [0.4, 0.5) is 4.79 Å². The first-order chi connectivity index (χ1) is 14.3. The quantitative estimate of drug-likeness (QED) is 0.757. The third-order valence-corrected chi connectivity index (χ3v) is 5.95. The highest BCUT2D eigenvalue weighted by atomic mass is 16.6. The number of rotatable bonds is 4. The van der Waals surface area contributed by atoms with E-state index in [9.17, 15) is 4.79 Å². The Kier molecular flexibility index (Phi) is 5.98. The van der Waals surface area contributed by atoms with Crippen LogP contribution in [0, 0.1) is 6.92 Å². The Morgan fingerprint density at radius 3 is 2.57 bits per heavy atom. The minimum atomic E-state index is -0.510. The second-order valence-electron chi connectivity index (χ2n) is 9.55. The summed E-state index contributed by atoms with van der Waals surface area (Å²) >= 11 is 0. The summed E-state index contributed by atoms with van der Waals surface area (Å²) < 4.78 is 11.1. The third kappa shape index (κ3) is 4.93. The number of amides is 1. The summed E-state index contributed by atoms with van der Waals surface area (Å²) in [5, 5.41) is 1.10. The number of carbonyl (C=O) groups excluding carboxylic acids is 1. The maximum absolute atomic E-state index is 13.1. The fraction of sp³-hybridized carbons (Fsp3) is 0.583. The summed E-state index contributed by atoms with van der Waals surface area (Å²) in [6, 6.07) is 11.1. The van der Waals surface area contributed by atoms with Crippen LogP contribution in [-0.2, 0) is 16.0 Å². The van der Waals surface area contributed by atoms with Crippen molar-refractivity contribution in [2.24, 2.45) is 0 Å². The maximum Gasteiger partial charge on any atom is 0.410 e. The first-order valence-corrected chi connectivity index (χ1v) is 11.0. The number of benzene rings is 1. The Morgan fingerprint density at radius 2 is 1.93 bits per heavy atom. The number of piperidine rings is 1. The molecule has 0 radical (unpaired) electrons. The number of likely N-dealkylation sites (tertiary alicyclic amines) is 1. The predicted octanol–water partition coefficient (Wildman–Crippen LogP) is 4.14. The van der Waals surface area contributed by atoms with Gasteiger partial charge in [0.05, 0.1) is 24.8 Å². The van der Waals surface area contributed by atoms with E-state index < -0.39 is 5.60 Å². The smallest absolute Gasteiger partial charge is 0.410 e. The van der Waals surface area contributed by atoms with Crippen LogP contribution in [0.5, 0.6) is 0 Å². The van der Waals surface area contributed by atoms with Crippen molar-refractivity contribution >= 4 is 17.0 Å². The van der Waals surface area contributed by atoms with E-state index in [1.54, 1.807) is 0 Å². The molecule has 0 saturated carbocycles. The topological polar surface area (TPSA) is 54.9 Å². The monoisotopic (exact) mass is 411 g/mol. The molecule has 2 aliphatic heterocycles. The van der Waals surface area contributed by atoms with Gasteiger partial charge in [0.2, 0.25) is 0 Å². The molecule has 6 nitrogen and oxygen atoms in total. The van der Waals surface area contributed by atoms with E-state index >= 15 is 0 Å². The molecule has 0 spiro atoms. The second kappa shape index (κ2) is 8.52. The minimum Gasteiger partial charge on any atom is -0.444 e. The van der Waals surface area contributed by atoms with Gasteiger partial charge in [-0.15, -0.1) is 0 Å². The van der Waals surface area contributed by atoms with Gasteiger partial charge in [0.1, 0.15) is 5.60 Å². The van der Waals surface area contributed by atoms with Gasteiger partial charge in [-0.05, 0) is 64.3 Å². The molecule has 0 atom stereocenters. The average Bonchev–Trinajstić information content (AvgIpc) is 2.64. The van der Waals surface area contributed by atoms with Crippen molar-refractivity contribution in [3.63, 3.8) is 0 Å². The Morgan fingerprint density at radius 1 is 1.20 bits per heavy atom. The number of nitrogens with zero attached hydrogens (tertiary/aromatic N) is 3. The lowest BCUT2D eigenvalue weighted by Gasteiger charge is -2.44. The zero-order chi connectivity index (χ0) is 21.3. The van der Waals surface area contributed by atoms with Crippen LogP contribution in [0.1, 0.15) is 44.9 Å². The Bertz CT molecular complexity index is 896. The summed E-state index contributed by atoms with van der Waals surface area (Å²) in [6.07, 6.45) is 1.70. The zero-order valence-corrected chi connectivity index (χ0v) is 18.6. The van der Waals surface area contributed by atoms with Gasteiger partial charge in [0.25, 0.3) is 0 Å². The summed E-state index contributed by atoms with van der Waals surface area (Å²) in [5.74, 6) is 0. The van der Waals surface area contributed by atoms with Crippen LogP contribution < -0.4 is 0 Å². The molecule has 0 N–H and O–H groups in total. The first-order valence-electron chi connectivity index (χ1n) is 11.0. The third-order valence-electron chi connectivity index (χ3n) is 5.95. The number of aromatic nitrogens is 1. The van der Waals surface area contributed by atoms with Crippen LogP contribution in [0.25, 0.3) is 10.9 Å². The molecule has 2 fully saturated rings. The van der Waals surface area contributed by atoms with Crippen LogP contribution >= 0.6 is 0 Å². The molecular weight excluding hydrogens is 378 g/mol. The molecule has 3 heterocycles. The lowest BCUT2D eigenvalue weighted by molar-refractivity contribution is -0.0769. The number of fused-ring (bicyclic) bond motifs is 1. The molecule has 6 heteroatoms. The van der Waals surface area contributed by atoms with E-state index in [0.29, 0.717) is 12.6 Å². The van der Waals surface area contributed by atoms with Crippen molar-refractivity contribution < 1.29 is 14.3 Å². The van der Waals surface area contributed by atoms with Crippen molar-refractivity contribution in [2.45, 2.75) is 64.8 Å². The van der Waals surface area contributed by atoms with E-state index in [-0.39, 0.29) is 12.1 Å². The van der Waals surface area contributed by atoms with E-state index in [0.717, 1.165) is 61.3 Å². The highest BCUT2D eigenvalue weighted by molar-refractivity contribution is 5.79. The SMILES string of the molecule is Cc1ccc2cc(CN(C(=O)OC(C)(C)C)C3CCN(C4COC4)CC3)ccc2n1. The van der Waals surface area contributed by atoms with Gasteiger partial charge in [-0.1, -0.05) is 12.1 Å². The van der Waals surface area contributed by atoms with Crippen molar-refractivity contribution in [2.75, 3.05) is 26.3 Å². The van der Waals surface area contributed by atoms with Crippen LogP contribution in [0.2, 0.25) is 0 Å². The van der Waals surface area contributed by atoms with Crippen LogP contribution in [-0.4, -0.2) is 64.9 Å². The molecule has 0 bridgehead atoms. The highest BCUT2D eigenvalue weighted by Crippen LogP contribution is 2.25. The summed E-state index contributed by atoms with van der Waals surface area (Å²) in [7, 11) is 0. The predicted molar refractivity (Wildman–Crippen MR) is 117 cm³/mol. The van der Waals surface area contributed by atoms with E-state index in [1.165, 1.54) is 0 Å². The molecule has 0 unspecified atom stereocenters. The number of aryl methyl sites for hydroxylation is 1. The molecule has 1 amide bonds. The van der Waals surface area contributed by atoms with Crippen LogP contribution in [0.3, 0.4) is 0 Å². The van der Waals surface area contributed by atoms with Gasteiger partial charge in [-0.2, -0.15) is 0 Å². The first kappa shape index (κ1) is 21.1. The number of pyridine rings is 1. The lowest BCUT2D eigenvalue weighted by atomic mass is 10.00. The molecule has 4 rings (SSSR count). The van der Waals surface area contributed by atoms with Gasteiger partial charge in [-0.25, -0.2) is 4.79 Å². The van der Waals surface area contributed by atoms with Gasteiger partial charge < -0.3 is 14.4 Å². The summed E-state index contributed by atoms with van der Waals surface area (Å²) in [5.41, 5.74) is 2.59. The fourth-order valence-corrected chi connectivity index (χ4v) is 4.23. The Balaban J connectivity index is 1.51. The molecule has 162 valence electrons. The van der Waals surface area contributed by atoms with E-state index in [2.05, 4.69) is 28.1 Å². The van der Waals surface area contributed by atoms with Crippen molar-refractivity contribution in [3.8, 4) is 0 Å². The number of hydrogen-bond acceptors (Lipinski definition) is 5. The molecule has 2 aliphatic rings. The molecule has 2 saturated heterocycles. The average molecular weight is 412 g/mol. The number of ether oxygens (including phenoxy) is 2. The Hall–Kier alpha value is -2.18. The highest BCUT2D eigenvalue weighted by Gasteiger charge is 2.34. The van der Waals surface area contributed by atoms with Gasteiger partial charge in [0.15, 0.2) is 0 Å². The molecule has 0 aliphatic carbocycles. The largest absolute Gasteiger partial charge is 0.444 e. The lowest BCUT2D eigenvalue weighted by Crippen LogP contribution is -2.55. The molecule has 1 aromatic carbocycles. The zero-order valence-electron chi connectivity index (χ0n) is 18.6. The standard InChI is InChI=1S/C24H33N3O3/c1-17-5-7-19-13-18(6-8-22(19)25-17)14-27(23(28)30-24(2,3)4)20-9-11-26(12-10-20)21-15-29-16-21/h5-8,13,20-21H,9-12,14-16H2,1-4H3. The second-order valence-corrected chi connectivity index (χ2v) is 9.55. The molecular formula is C24H33N3O3. The number of hydrogen-bond donors (Lipinski definition) is 0.